The van der Waals surface area contributed by atoms with Crippen molar-refractivity contribution in [3.8, 4) is 5.75 Å². The first-order valence-electron chi connectivity index (χ1n) is 4.54. The molecule has 2 aromatic rings. The number of aromatic nitrogens is 2. The third-order valence-electron chi connectivity index (χ3n) is 1.97. The Kier molecular flexibility index (Phi) is 2.94. The SMILES string of the molecule is Cc1cc2cc(Br)cc(OC(F)(F)F)c2nn1. The quantitative estimate of drug-likeness (QED) is 0.807. The van der Waals surface area contributed by atoms with E-state index in [1.165, 1.54) is 6.07 Å². The summed E-state index contributed by atoms with van der Waals surface area (Å²) in [5.41, 5.74) is 0.699. The van der Waals surface area contributed by atoms with Crippen LogP contribution in [0.2, 0.25) is 0 Å². The van der Waals surface area contributed by atoms with Crippen LogP contribution in [0.1, 0.15) is 5.69 Å². The summed E-state index contributed by atoms with van der Waals surface area (Å²) >= 11 is 3.12. The summed E-state index contributed by atoms with van der Waals surface area (Å²) in [7, 11) is 0. The second kappa shape index (κ2) is 4.14. The third kappa shape index (κ3) is 2.85. The molecular weight excluding hydrogens is 301 g/mol. The van der Waals surface area contributed by atoms with E-state index in [1.807, 2.05) is 0 Å². The Hall–Kier alpha value is -1.37. The molecule has 2 rings (SSSR count). The molecule has 17 heavy (non-hydrogen) atoms. The van der Waals surface area contributed by atoms with Gasteiger partial charge in [-0.25, -0.2) is 0 Å². The van der Waals surface area contributed by atoms with Gasteiger partial charge in [0.05, 0.1) is 5.69 Å². The number of hydrogen-bond acceptors (Lipinski definition) is 3. The molecular formula is C10H6BrF3N2O. The highest BCUT2D eigenvalue weighted by molar-refractivity contribution is 9.10. The molecule has 0 bridgehead atoms. The molecule has 0 atom stereocenters. The minimum absolute atomic E-state index is 0.0797. The van der Waals surface area contributed by atoms with Crippen LogP contribution in [0, 0.1) is 6.92 Å². The molecule has 0 fully saturated rings. The summed E-state index contributed by atoms with van der Waals surface area (Å²) in [6, 6.07) is 4.50. The average Bonchev–Trinajstić information content (AvgIpc) is 2.13. The standard InChI is InChI=1S/C10H6BrF3N2O/c1-5-2-6-3-7(11)4-8(9(6)16-15-5)17-10(12,13)14/h2-4H,1H3. The molecule has 0 spiro atoms. The zero-order chi connectivity index (χ0) is 12.6. The van der Waals surface area contributed by atoms with Crippen LogP contribution in [0.25, 0.3) is 10.9 Å². The van der Waals surface area contributed by atoms with Gasteiger partial charge in [-0.1, -0.05) is 15.9 Å². The molecule has 3 nitrogen and oxygen atoms in total. The number of halogens is 4. The number of rotatable bonds is 1. The van der Waals surface area contributed by atoms with E-state index in [9.17, 15) is 13.2 Å². The fourth-order valence-corrected chi connectivity index (χ4v) is 1.85. The van der Waals surface area contributed by atoms with Crippen molar-refractivity contribution in [3.63, 3.8) is 0 Å². The molecule has 0 aliphatic heterocycles. The number of alkyl halides is 3. The molecule has 0 aliphatic carbocycles. The maximum absolute atomic E-state index is 12.2. The summed E-state index contributed by atoms with van der Waals surface area (Å²) in [6.45, 7) is 1.71. The average molecular weight is 307 g/mol. The number of benzene rings is 1. The van der Waals surface area contributed by atoms with E-state index in [4.69, 9.17) is 0 Å². The lowest BCUT2D eigenvalue weighted by atomic mass is 10.2. The highest BCUT2D eigenvalue weighted by Gasteiger charge is 2.32. The fourth-order valence-electron chi connectivity index (χ4n) is 1.40. The van der Waals surface area contributed by atoms with Gasteiger partial charge in [0, 0.05) is 9.86 Å². The number of fused-ring (bicyclic) bond motifs is 1. The van der Waals surface area contributed by atoms with Crippen LogP contribution >= 0.6 is 15.9 Å². The monoisotopic (exact) mass is 306 g/mol. The first kappa shape index (κ1) is 12.1. The van der Waals surface area contributed by atoms with E-state index >= 15 is 0 Å². The summed E-state index contributed by atoms with van der Waals surface area (Å²) in [5, 5.41) is 7.96. The predicted molar refractivity (Wildman–Crippen MR) is 58.7 cm³/mol. The molecule has 1 aromatic heterocycles. The molecule has 0 radical (unpaired) electrons. The van der Waals surface area contributed by atoms with Crippen molar-refractivity contribution in [3.05, 3.63) is 28.4 Å². The molecule has 7 heteroatoms. The number of hydrogen-bond donors (Lipinski definition) is 0. The van der Waals surface area contributed by atoms with E-state index in [0.29, 0.717) is 15.6 Å². The first-order chi connectivity index (χ1) is 7.85. The van der Waals surface area contributed by atoms with Gasteiger partial charge in [0.15, 0.2) is 5.75 Å². The zero-order valence-corrected chi connectivity index (χ0v) is 10.1. The third-order valence-corrected chi connectivity index (χ3v) is 2.42. The normalized spacial score (nSPS) is 11.8. The van der Waals surface area contributed by atoms with E-state index in [1.54, 1.807) is 19.1 Å². The molecule has 90 valence electrons. The molecule has 0 amide bonds. The number of ether oxygens (including phenoxy) is 1. The maximum atomic E-state index is 12.2. The van der Waals surface area contributed by atoms with Crippen LogP contribution in [0.4, 0.5) is 13.2 Å². The molecule has 0 N–H and O–H groups in total. The van der Waals surface area contributed by atoms with Crippen LogP contribution in [0.15, 0.2) is 22.7 Å². The minimum atomic E-state index is -4.75. The van der Waals surface area contributed by atoms with Crippen molar-refractivity contribution < 1.29 is 17.9 Å². The molecule has 1 heterocycles. The van der Waals surface area contributed by atoms with E-state index in [2.05, 4.69) is 30.9 Å². The topological polar surface area (TPSA) is 35.0 Å². The summed E-state index contributed by atoms with van der Waals surface area (Å²) in [4.78, 5) is 0. The van der Waals surface area contributed by atoms with E-state index < -0.39 is 6.36 Å². The Morgan fingerprint density at radius 2 is 1.88 bits per heavy atom. The Labute approximate surface area is 103 Å². The summed E-state index contributed by atoms with van der Waals surface area (Å²) in [5.74, 6) is -0.366. The minimum Gasteiger partial charge on any atom is -0.403 e. The molecule has 0 unspecified atom stereocenters. The van der Waals surface area contributed by atoms with E-state index in [-0.39, 0.29) is 11.3 Å². The Morgan fingerprint density at radius 1 is 1.18 bits per heavy atom. The van der Waals surface area contributed by atoms with Crippen molar-refractivity contribution in [2.75, 3.05) is 0 Å². The van der Waals surface area contributed by atoms with E-state index in [0.717, 1.165) is 0 Å². The lowest BCUT2D eigenvalue weighted by Gasteiger charge is -2.11. The van der Waals surface area contributed by atoms with Gasteiger partial charge >= 0.3 is 6.36 Å². The summed E-state index contributed by atoms with van der Waals surface area (Å²) in [6.07, 6.45) is -4.75. The van der Waals surface area contributed by atoms with Crippen molar-refractivity contribution in [1.29, 1.82) is 0 Å². The zero-order valence-electron chi connectivity index (χ0n) is 8.55. The largest absolute Gasteiger partial charge is 0.573 e. The Balaban J connectivity index is 2.62. The van der Waals surface area contributed by atoms with Crippen LogP contribution in [0.3, 0.4) is 0 Å². The Bertz CT molecular complexity index is 566. The smallest absolute Gasteiger partial charge is 0.403 e. The van der Waals surface area contributed by atoms with Crippen LogP contribution in [-0.2, 0) is 0 Å². The summed E-state index contributed by atoms with van der Waals surface area (Å²) < 4.78 is 41.0. The van der Waals surface area contributed by atoms with Crippen molar-refractivity contribution >= 4 is 26.8 Å². The van der Waals surface area contributed by atoms with Gasteiger partial charge in [0.1, 0.15) is 5.52 Å². The van der Waals surface area contributed by atoms with Gasteiger partial charge in [0.2, 0.25) is 0 Å². The van der Waals surface area contributed by atoms with Gasteiger partial charge in [-0.05, 0) is 25.1 Å². The van der Waals surface area contributed by atoms with Gasteiger partial charge in [-0.15, -0.1) is 18.3 Å². The highest BCUT2D eigenvalue weighted by Crippen LogP contribution is 2.32. The van der Waals surface area contributed by atoms with Crippen LogP contribution < -0.4 is 4.74 Å². The first-order valence-corrected chi connectivity index (χ1v) is 5.34. The fraction of sp³-hybridized carbons (Fsp3) is 0.200. The lowest BCUT2D eigenvalue weighted by molar-refractivity contribution is -0.274. The van der Waals surface area contributed by atoms with Gasteiger partial charge in [-0.3, -0.25) is 0 Å². The number of aryl methyl sites for hydroxylation is 1. The molecule has 0 aliphatic rings. The predicted octanol–water partition coefficient (Wildman–Crippen LogP) is 3.60. The van der Waals surface area contributed by atoms with Gasteiger partial charge in [0.25, 0.3) is 0 Å². The van der Waals surface area contributed by atoms with Crippen LogP contribution in [-0.4, -0.2) is 16.6 Å². The van der Waals surface area contributed by atoms with Crippen LogP contribution in [0.5, 0.6) is 5.75 Å². The van der Waals surface area contributed by atoms with Crippen molar-refractivity contribution in [1.82, 2.24) is 10.2 Å². The highest BCUT2D eigenvalue weighted by atomic mass is 79.9. The molecule has 0 saturated heterocycles. The molecule has 1 aromatic carbocycles. The van der Waals surface area contributed by atoms with Crippen molar-refractivity contribution in [2.45, 2.75) is 13.3 Å². The van der Waals surface area contributed by atoms with Gasteiger partial charge in [-0.2, -0.15) is 5.10 Å². The van der Waals surface area contributed by atoms with Gasteiger partial charge < -0.3 is 4.74 Å². The molecule has 0 saturated carbocycles. The van der Waals surface area contributed by atoms with Crippen molar-refractivity contribution in [2.24, 2.45) is 0 Å². The maximum Gasteiger partial charge on any atom is 0.573 e. The Morgan fingerprint density at radius 3 is 2.53 bits per heavy atom. The second-order valence-electron chi connectivity index (χ2n) is 3.38. The number of nitrogens with zero attached hydrogens (tertiary/aromatic N) is 2. The second-order valence-corrected chi connectivity index (χ2v) is 4.29. The lowest BCUT2D eigenvalue weighted by Crippen LogP contribution is -2.17.